The summed E-state index contributed by atoms with van der Waals surface area (Å²) in [6.45, 7) is 5.85. The summed E-state index contributed by atoms with van der Waals surface area (Å²) in [4.78, 5) is 36.9. The highest BCUT2D eigenvalue weighted by molar-refractivity contribution is 6.15. The summed E-state index contributed by atoms with van der Waals surface area (Å²) in [5, 5.41) is 2.63. The lowest BCUT2D eigenvalue weighted by molar-refractivity contribution is -0.124. The molecule has 0 aliphatic carbocycles. The van der Waals surface area contributed by atoms with Gasteiger partial charge in [-0.3, -0.25) is 9.59 Å². The fraction of sp³-hybridized carbons (Fsp3) is 0.286. The van der Waals surface area contributed by atoms with E-state index in [1.807, 2.05) is 32.9 Å². The van der Waals surface area contributed by atoms with Gasteiger partial charge in [-0.05, 0) is 38.0 Å². The van der Waals surface area contributed by atoms with Crippen LogP contribution in [-0.4, -0.2) is 30.8 Å². The van der Waals surface area contributed by atoms with Crippen LogP contribution >= 0.6 is 0 Å². The predicted octanol–water partition coefficient (Wildman–Crippen LogP) is 3.22. The molecule has 0 saturated heterocycles. The first-order valence-electron chi connectivity index (χ1n) is 8.58. The molecule has 2 rings (SSSR count). The number of hydrogen-bond donors (Lipinski definition) is 1. The van der Waals surface area contributed by atoms with Gasteiger partial charge in [-0.15, -0.1) is 0 Å². The molecule has 0 unspecified atom stereocenters. The van der Waals surface area contributed by atoms with Crippen LogP contribution in [0.25, 0.3) is 0 Å². The quantitative estimate of drug-likeness (QED) is 0.613. The minimum Gasteiger partial charge on any atom is -0.452 e. The van der Waals surface area contributed by atoms with Crippen LogP contribution in [0.5, 0.6) is 0 Å². The van der Waals surface area contributed by atoms with Gasteiger partial charge in [-0.25, -0.2) is 4.79 Å². The molecule has 2 aromatic carbocycles. The van der Waals surface area contributed by atoms with Crippen LogP contribution in [0, 0.1) is 13.8 Å². The van der Waals surface area contributed by atoms with E-state index in [1.54, 1.807) is 24.3 Å². The van der Waals surface area contributed by atoms with Gasteiger partial charge >= 0.3 is 5.97 Å². The van der Waals surface area contributed by atoms with Crippen LogP contribution in [0.3, 0.4) is 0 Å². The minimum atomic E-state index is -0.689. The van der Waals surface area contributed by atoms with Gasteiger partial charge in [0.1, 0.15) is 0 Å². The molecule has 0 bridgehead atoms. The molecule has 5 nitrogen and oxygen atoms in total. The Morgan fingerprint density at radius 3 is 2.35 bits per heavy atom. The van der Waals surface area contributed by atoms with Crippen LogP contribution in [0.2, 0.25) is 0 Å². The van der Waals surface area contributed by atoms with Crippen molar-refractivity contribution in [3.63, 3.8) is 0 Å². The molecular formula is C21H23NO4. The molecule has 0 aromatic heterocycles. The summed E-state index contributed by atoms with van der Waals surface area (Å²) < 4.78 is 5.06. The molecule has 1 amide bonds. The summed E-state index contributed by atoms with van der Waals surface area (Å²) in [6, 6.07) is 12.1. The molecule has 0 radical (unpaired) electrons. The maximum atomic E-state index is 12.9. The zero-order chi connectivity index (χ0) is 19.1. The zero-order valence-corrected chi connectivity index (χ0v) is 15.3. The molecule has 0 heterocycles. The third kappa shape index (κ3) is 4.79. The van der Waals surface area contributed by atoms with Crippen molar-refractivity contribution in [1.82, 2.24) is 5.32 Å². The number of ketones is 1. The van der Waals surface area contributed by atoms with Crippen LogP contribution in [0.15, 0.2) is 42.5 Å². The largest absolute Gasteiger partial charge is 0.452 e. The number of rotatable bonds is 7. The first kappa shape index (κ1) is 19.4. The summed E-state index contributed by atoms with van der Waals surface area (Å²) in [5.41, 5.74) is 2.77. The van der Waals surface area contributed by atoms with E-state index in [0.29, 0.717) is 12.1 Å². The van der Waals surface area contributed by atoms with Gasteiger partial charge < -0.3 is 10.1 Å². The van der Waals surface area contributed by atoms with Crippen LogP contribution in [-0.2, 0) is 9.53 Å². The Morgan fingerprint density at radius 1 is 0.962 bits per heavy atom. The second-order valence-corrected chi connectivity index (χ2v) is 6.12. The summed E-state index contributed by atoms with van der Waals surface area (Å²) in [5.74, 6) is -1.29. The van der Waals surface area contributed by atoms with Crippen molar-refractivity contribution in [3.05, 3.63) is 70.3 Å². The van der Waals surface area contributed by atoms with E-state index in [2.05, 4.69) is 5.32 Å². The number of benzene rings is 2. The topological polar surface area (TPSA) is 72.5 Å². The highest BCUT2D eigenvalue weighted by Gasteiger charge is 2.21. The number of nitrogens with one attached hydrogen (secondary N) is 1. The van der Waals surface area contributed by atoms with Gasteiger partial charge in [0.2, 0.25) is 0 Å². The van der Waals surface area contributed by atoms with E-state index >= 15 is 0 Å². The van der Waals surface area contributed by atoms with Crippen molar-refractivity contribution >= 4 is 17.7 Å². The van der Waals surface area contributed by atoms with Gasteiger partial charge in [-0.2, -0.15) is 0 Å². The zero-order valence-electron chi connectivity index (χ0n) is 15.3. The predicted molar refractivity (Wildman–Crippen MR) is 99.4 cm³/mol. The SMILES string of the molecule is CCCNC(=O)COC(=O)c1ccccc1C(=O)c1cc(C)ccc1C. The highest BCUT2D eigenvalue weighted by Crippen LogP contribution is 2.19. The van der Waals surface area contributed by atoms with Gasteiger partial charge in [0, 0.05) is 17.7 Å². The van der Waals surface area contributed by atoms with E-state index in [1.165, 1.54) is 6.07 Å². The number of ether oxygens (including phenoxy) is 1. The first-order chi connectivity index (χ1) is 12.4. The maximum Gasteiger partial charge on any atom is 0.339 e. The van der Waals surface area contributed by atoms with E-state index in [-0.39, 0.29) is 29.4 Å². The third-order valence-corrected chi connectivity index (χ3v) is 3.94. The summed E-state index contributed by atoms with van der Waals surface area (Å²) in [7, 11) is 0. The molecule has 0 atom stereocenters. The number of esters is 1. The van der Waals surface area contributed by atoms with Crippen molar-refractivity contribution in [3.8, 4) is 0 Å². The lowest BCUT2D eigenvalue weighted by atomic mass is 9.94. The monoisotopic (exact) mass is 353 g/mol. The average molecular weight is 353 g/mol. The smallest absolute Gasteiger partial charge is 0.339 e. The molecule has 0 aliphatic heterocycles. The van der Waals surface area contributed by atoms with Crippen molar-refractivity contribution in [1.29, 1.82) is 0 Å². The lowest BCUT2D eigenvalue weighted by Crippen LogP contribution is -2.29. The number of carbonyl (C=O) groups is 3. The molecule has 2 aromatic rings. The van der Waals surface area contributed by atoms with Crippen molar-refractivity contribution in [2.24, 2.45) is 0 Å². The van der Waals surface area contributed by atoms with Crippen molar-refractivity contribution < 1.29 is 19.1 Å². The van der Waals surface area contributed by atoms with Crippen molar-refractivity contribution in [2.75, 3.05) is 13.2 Å². The fourth-order valence-corrected chi connectivity index (χ4v) is 2.51. The molecule has 26 heavy (non-hydrogen) atoms. The molecule has 0 fully saturated rings. The summed E-state index contributed by atoms with van der Waals surface area (Å²) >= 11 is 0. The number of amides is 1. The van der Waals surface area contributed by atoms with Crippen LogP contribution in [0.1, 0.15) is 50.8 Å². The normalized spacial score (nSPS) is 10.3. The molecular weight excluding hydrogens is 330 g/mol. The molecule has 0 aliphatic rings. The Labute approximate surface area is 153 Å². The maximum absolute atomic E-state index is 12.9. The second kappa shape index (κ2) is 8.94. The molecule has 0 saturated carbocycles. The van der Waals surface area contributed by atoms with Crippen LogP contribution < -0.4 is 5.32 Å². The first-order valence-corrected chi connectivity index (χ1v) is 8.58. The highest BCUT2D eigenvalue weighted by atomic mass is 16.5. The average Bonchev–Trinajstić information content (AvgIpc) is 2.65. The van der Waals surface area contributed by atoms with Gasteiger partial charge in [0.25, 0.3) is 5.91 Å². The van der Waals surface area contributed by atoms with Gasteiger partial charge in [-0.1, -0.05) is 42.8 Å². The van der Waals surface area contributed by atoms with E-state index in [9.17, 15) is 14.4 Å². The van der Waals surface area contributed by atoms with Crippen LogP contribution in [0.4, 0.5) is 0 Å². The van der Waals surface area contributed by atoms with Crippen molar-refractivity contribution in [2.45, 2.75) is 27.2 Å². The second-order valence-electron chi connectivity index (χ2n) is 6.12. The van der Waals surface area contributed by atoms with Gasteiger partial charge in [0.15, 0.2) is 12.4 Å². The van der Waals surface area contributed by atoms with E-state index in [4.69, 9.17) is 4.74 Å². The Balaban J connectivity index is 2.22. The Kier molecular flexibility index (Phi) is 6.67. The van der Waals surface area contributed by atoms with E-state index < -0.39 is 5.97 Å². The molecule has 0 spiro atoms. The molecule has 1 N–H and O–H groups in total. The summed E-state index contributed by atoms with van der Waals surface area (Å²) in [6.07, 6.45) is 0.798. The molecule has 5 heteroatoms. The fourth-order valence-electron chi connectivity index (χ4n) is 2.51. The third-order valence-electron chi connectivity index (χ3n) is 3.94. The minimum absolute atomic E-state index is 0.154. The number of carbonyl (C=O) groups excluding carboxylic acids is 3. The van der Waals surface area contributed by atoms with Gasteiger partial charge in [0.05, 0.1) is 5.56 Å². The Morgan fingerprint density at radius 2 is 1.65 bits per heavy atom. The number of aryl methyl sites for hydroxylation is 2. The lowest BCUT2D eigenvalue weighted by Gasteiger charge is -2.11. The standard InChI is InChI=1S/C21H23NO4/c1-4-11-22-19(23)13-26-21(25)17-8-6-5-7-16(17)20(24)18-12-14(2)9-10-15(18)3/h5-10,12H,4,11,13H2,1-3H3,(H,22,23). The van der Waals surface area contributed by atoms with E-state index in [0.717, 1.165) is 17.5 Å². The number of hydrogen-bond acceptors (Lipinski definition) is 4. The Hall–Kier alpha value is -2.95. The Bertz CT molecular complexity index is 827. The molecule has 136 valence electrons.